The first-order valence-corrected chi connectivity index (χ1v) is 9.77. The lowest BCUT2D eigenvalue weighted by molar-refractivity contribution is 0.101. The van der Waals surface area contributed by atoms with Gasteiger partial charge in [0.15, 0.2) is 17.3 Å². The number of Topliss-reactive ketones (excluding diaryl/α,β-unsaturated/α-hetero) is 1. The number of thioether (sulfide) groups is 1. The molecule has 138 valence electrons. The minimum Gasteiger partial charge on any atom is -0.504 e. The molecule has 0 bridgehead atoms. The molecule has 0 radical (unpaired) electrons. The lowest BCUT2D eigenvalue weighted by Crippen LogP contribution is -2.13. The first-order valence-electron chi connectivity index (χ1n) is 8.00. The second kappa shape index (κ2) is 8.92. The van der Waals surface area contributed by atoms with Gasteiger partial charge in [0.1, 0.15) is 10.6 Å². The lowest BCUT2D eigenvalue weighted by atomic mass is 10.1. The van der Waals surface area contributed by atoms with Gasteiger partial charge in [-0.05, 0) is 42.0 Å². The highest BCUT2D eigenvalue weighted by Gasteiger charge is 2.26. The third kappa shape index (κ3) is 4.61. The highest BCUT2D eigenvalue weighted by molar-refractivity contribution is 9.10. The van der Waals surface area contributed by atoms with Crippen LogP contribution in [0.5, 0.6) is 0 Å². The molecule has 1 aromatic carbocycles. The Morgan fingerprint density at radius 2 is 1.70 bits per heavy atom. The predicted molar refractivity (Wildman–Crippen MR) is 110 cm³/mol. The van der Waals surface area contributed by atoms with Crippen molar-refractivity contribution in [2.75, 3.05) is 7.05 Å². The first-order chi connectivity index (χ1) is 13.1. The Morgan fingerprint density at radius 3 is 2.26 bits per heavy atom. The van der Waals surface area contributed by atoms with Crippen LogP contribution in [0.4, 0.5) is 0 Å². The van der Waals surface area contributed by atoms with Crippen molar-refractivity contribution in [1.29, 1.82) is 0 Å². The van der Waals surface area contributed by atoms with Gasteiger partial charge in [-0.1, -0.05) is 28.1 Å². The molecule has 3 rings (SSSR count). The lowest BCUT2D eigenvalue weighted by Gasteiger charge is -2.11. The number of furan rings is 2. The molecule has 0 saturated carbocycles. The first kappa shape index (κ1) is 19.3. The van der Waals surface area contributed by atoms with Crippen molar-refractivity contribution in [1.82, 2.24) is 0 Å². The Labute approximate surface area is 168 Å². The molecule has 0 fully saturated rings. The molecule has 2 aromatic heterocycles. The van der Waals surface area contributed by atoms with Gasteiger partial charge >= 0.3 is 0 Å². The summed E-state index contributed by atoms with van der Waals surface area (Å²) in [6.07, 6.45) is 2.84. The van der Waals surface area contributed by atoms with E-state index in [1.807, 2.05) is 24.3 Å². The van der Waals surface area contributed by atoms with Crippen molar-refractivity contribution in [3.05, 3.63) is 88.2 Å². The number of hydrogen-bond acceptors (Lipinski definition) is 6. The van der Waals surface area contributed by atoms with Crippen LogP contribution in [0.25, 0.3) is 5.76 Å². The highest BCUT2D eigenvalue weighted by Crippen LogP contribution is 2.28. The third-order valence-electron chi connectivity index (χ3n) is 3.67. The number of carbonyl (C=O) groups excluding carboxylic acids is 1. The van der Waals surface area contributed by atoms with Gasteiger partial charge in [-0.3, -0.25) is 9.79 Å². The van der Waals surface area contributed by atoms with Gasteiger partial charge in [-0.15, -0.1) is 11.8 Å². The fraction of sp³-hybridized carbons (Fsp3) is 0.100. The minimum atomic E-state index is -0.460. The third-order valence-corrected chi connectivity index (χ3v) is 5.34. The summed E-state index contributed by atoms with van der Waals surface area (Å²) in [6.45, 7) is 0. The Hall–Kier alpha value is -2.51. The largest absolute Gasteiger partial charge is 0.504 e. The maximum Gasteiger partial charge on any atom is 0.234 e. The van der Waals surface area contributed by atoms with Crippen LogP contribution in [-0.2, 0) is 5.75 Å². The fourth-order valence-corrected chi connectivity index (χ4v) is 3.58. The number of aliphatic hydroxyl groups excluding tert-OH is 1. The Bertz CT molecular complexity index is 958. The van der Waals surface area contributed by atoms with E-state index >= 15 is 0 Å². The van der Waals surface area contributed by atoms with E-state index in [1.165, 1.54) is 24.3 Å². The van der Waals surface area contributed by atoms with Crippen LogP contribution in [0, 0.1) is 0 Å². The molecular formula is C20H16BrNO4S. The van der Waals surface area contributed by atoms with Crippen LogP contribution in [0.15, 0.2) is 84.9 Å². The summed E-state index contributed by atoms with van der Waals surface area (Å²) < 4.78 is 11.5. The zero-order valence-corrected chi connectivity index (χ0v) is 16.8. The van der Waals surface area contributed by atoms with E-state index in [4.69, 9.17) is 8.83 Å². The van der Waals surface area contributed by atoms with Crippen LogP contribution < -0.4 is 0 Å². The summed E-state index contributed by atoms with van der Waals surface area (Å²) in [5.41, 5.74) is 1.11. The van der Waals surface area contributed by atoms with Gasteiger partial charge in [0, 0.05) is 17.3 Å². The van der Waals surface area contributed by atoms with E-state index in [1.54, 1.807) is 31.3 Å². The van der Waals surface area contributed by atoms with Gasteiger partial charge in [0.2, 0.25) is 5.78 Å². The standard InChI is InChI=1S/C20H16BrNO4S/c1-22-20(27-12-13-6-8-14(21)9-7-13)17(18(23)15-4-2-10-25-15)19(24)16-5-3-11-26-16/h2-11,23H,12H2,1H3/b18-17+,22-20?. The summed E-state index contributed by atoms with van der Waals surface area (Å²) >= 11 is 4.76. The van der Waals surface area contributed by atoms with Crippen molar-refractivity contribution in [3.63, 3.8) is 0 Å². The van der Waals surface area contributed by atoms with Gasteiger partial charge in [-0.25, -0.2) is 0 Å². The normalized spacial score (nSPS) is 12.7. The monoisotopic (exact) mass is 445 g/mol. The molecule has 0 aliphatic rings. The topological polar surface area (TPSA) is 75.9 Å². The highest BCUT2D eigenvalue weighted by atomic mass is 79.9. The molecule has 3 aromatic rings. The number of aliphatic hydroxyl groups is 1. The van der Waals surface area contributed by atoms with Gasteiger partial charge in [0.25, 0.3) is 0 Å². The Balaban J connectivity index is 1.94. The van der Waals surface area contributed by atoms with E-state index in [0.29, 0.717) is 10.8 Å². The molecule has 7 heteroatoms. The molecule has 0 atom stereocenters. The van der Waals surface area contributed by atoms with Gasteiger partial charge < -0.3 is 13.9 Å². The van der Waals surface area contributed by atoms with Crippen molar-refractivity contribution >= 4 is 44.3 Å². The van der Waals surface area contributed by atoms with Crippen molar-refractivity contribution in [2.45, 2.75) is 5.75 Å². The molecule has 1 N–H and O–H groups in total. The van der Waals surface area contributed by atoms with Crippen molar-refractivity contribution in [2.24, 2.45) is 4.99 Å². The summed E-state index contributed by atoms with van der Waals surface area (Å²) in [5.74, 6) is 0.159. The molecular weight excluding hydrogens is 430 g/mol. The van der Waals surface area contributed by atoms with E-state index in [9.17, 15) is 9.90 Å². The molecule has 0 aliphatic carbocycles. The number of aliphatic imine (C=N–C) groups is 1. The quantitative estimate of drug-likeness (QED) is 0.172. The van der Waals surface area contributed by atoms with E-state index < -0.39 is 5.78 Å². The summed E-state index contributed by atoms with van der Waals surface area (Å²) in [4.78, 5) is 17.2. The van der Waals surface area contributed by atoms with Crippen LogP contribution in [0.3, 0.4) is 0 Å². The summed E-state index contributed by atoms with van der Waals surface area (Å²) in [7, 11) is 1.58. The maximum atomic E-state index is 12.9. The Kier molecular flexibility index (Phi) is 6.36. The fourth-order valence-electron chi connectivity index (χ4n) is 2.35. The van der Waals surface area contributed by atoms with E-state index in [2.05, 4.69) is 20.9 Å². The minimum absolute atomic E-state index is 0.0458. The second-order valence-corrected chi connectivity index (χ2v) is 7.33. The van der Waals surface area contributed by atoms with Crippen LogP contribution >= 0.6 is 27.7 Å². The molecule has 0 spiro atoms. The average molecular weight is 446 g/mol. The van der Waals surface area contributed by atoms with Crippen molar-refractivity contribution < 1.29 is 18.7 Å². The van der Waals surface area contributed by atoms with Gasteiger partial charge in [-0.2, -0.15) is 0 Å². The molecule has 0 amide bonds. The van der Waals surface area contributed by atoms with Crippen LogP contribution in [0.1, 0.15) is 21.9 Å². The Morgan fingerprint density at radius 1 is 1.07 bits per heavy atom. The number of ketones is 1. The molecule has 5 nitrogen and oxygen atoms in total. The molecule has 27 heavy (non-hydrogen) atoms. The zero-order chi connectivity index (χ0) is 19.2. The summed E-state index contributed by atoms with van der Waals surface area (Å²) in [6, 6.07) is 14.2. The van der Waals surface area contributed by atoms with Crippen LogP contribution in [0.2, 0.25) is 0 Å². The molecule has 2 heterocycles. The second-order valence-electron chi connectivity index (χ2n) is 5.45. The molecule has 0 aliphatic heterocycles. The average Bonchev–Trinajstić information content (AvgIpc) is 3.39. The number of rotatable bonds is 6. The number of carbonyl (C=O) groups is 1. The number of nitrogens with zero attached hydrogens (tertiary/aromatic N) is 1. The molecule has 0 saturated heterocycles. The molecule has 0 unspecified atom stereocenters. The maximum absolute atomic E-state index is 12.9. The SMILES string of the molecule is CN=C(SCc1ccc(Br)cc1)/C(C(=O)c1ccco1)=C(/O)c1ccco1. The van der Waals surface area contributed by atoms with E-state index in [0.717, 1.165) is 10.0 Å². The van der Waals surface area contributed by atoms with Crippen molar-refractivity contribution in [3.8, 4) is 0 Å². The van der Waals surface area contributed by atoms with Gasteiger partial charge in [0.05, 0.1) is 12.5 Å². The zero-order valence-electron chi connectivity index (χ0n) is 14.4. The number of halogens is 1. The number of hydrogen-bond donors (Lipinski definition) is 1. The van der Waals surface area contributed by atoms with Crippen LogP contribution in [-0.4, -0.2) is 23.0 Å². The number of benzene rings is 1. The van der Waals surface area contributed by atoms with E-state index in [-0.39, 0.29) is 22.9 Å². The predicted octanol–water partition coefficient (Wildman–Crippen LogP) is 5.75. The summed E-state index contributed by atoms with van der Waals surface area (Å²) in [5, 5.41) is 11.1. The smallest absolute Gasteiger partial charge is 0.234 e.